The van der Waals surface area contributed by atoms with E-state index in [0.29, 0.717) is 5.41 Å². The van der Waals surface area contributed by atoms with E-state index in [1.165, 1.54) is 10.6 Å². The van der Waals surface area contributed by atoms with Crippen LogP contribution in [-0.4, -0.2) is 11.0 Å². The summed E-state index contributed by atoms with van der Waals surface area (Å²) in [6, 6.07) is 0.222. The van der Waals surface area contributed by atoms with Gasteiger partial charge in [-0.15, -0.1) is 11.3 Å². The molecule has 0 spiro atoms. The Labute approximate surface area is 102 Å². The number of hydrogen-bond donors (Lipinski definition) is 1. The van der Waals surface area contributed by atoms with Gasteiger partial charge in [0.1, 0.15) is 0 Å². The highest BCUT2D eigenvalue weighted by molar-refractivity contribution is 7.09. The Morgan fingerprint density at radius 2 is 2.31 bits per heavy atom. The van der Waals surface area contributed by atoms with Gasteiger partial charge in [-0.05, 0) is 25.2 Å². The van der Waals surface area contributed by atoms with Crippen LogP contribution in [0.2, 0.25) is 0 Å². The summed E-state index contributed by atoms with van der Waals surface area (Å²) in [6.07, 6.45) is 5.46. The Morgan fingerprint density at radius 3 is 2.88 bits per heavy atom. The van der Waals surface area contributed by atoms with Crippen LogP contribution in [0.15, 0.2) is 17.0 Å². The van der Waals surface area contributed by atoms with E-state index >= 15 is 0 Å². The fourth-order valence-electron chi connectivity index (χ4n) is 2.55. The molecule has 88 valence electrons. The molecule has 0 aromatic carbocycles. The molecule has 1 heterocycles. The summed E-state index contributed by atoms with van der Waals surface area (Å²) in [5, 5.41) is 3.33. The number of aryl methyl sites for hydroxylation is 1. The first-order chi connectivity index (χ1) is 7.44. The normalized spacial score (nSPS) is 24.2. The van der Waals surface area contributed by atoms with Crippen molar-refractivity contribution in [1.82, 2.24) is 4.98 Å². The Balaban J connectivity index is 2.10. The van der Waals surface area contributed by atoms with E-state index in [2.05, 4.69) is 30.3 Å². The lowest BCUT2D eigenvalue weighted by Crippen LogP contribution is -2.31. The van der Waals surface area contributed by atoms with Gasteiger partial charge in [0.15, 0.2) is 0 Å². The monoisotopic (exact) mass is 236 g/mol. The molecule has 0 amide bonds. The zero-order chi connectivity index (χ0) is 11.8. The molecule has 2 nitrogen and oxygen atoms in total. The number of nitrogens with two attached hydrogens (primary N) is 1. The average Bonchev–Trinajstić information content (AvgIpc) is 2.46. The molecule has 1 aromatic heterocycles. The topological polar surface area (TPSA) is 38.9 Å². The van der Waals surface area contributed by atoms with Gasteiger partial charge in [-0.2, -0.15) is 0 Å². The molecule has 0 saturated heterocycles. The molecular formula is C13H20N2S. The van der Waals surface area contributed by atoms with Crippen molar-refractivity contribution in [3.8, 4) is 0 Å². The van der Waals surface area contributed by atoms with Gasteiger partial charge >= 0.3 is 0 Å². The lowest BCUT2D eigenvalue weighted by molar-refractivity contribution is 0.299. The SMILES string of the molecule is Cc1csc(CC2=CC(N)CC(C)(C)C2)n1. The molecule has 3 heteroatoms. The Hall–Kier alpha value is -0.670. The minimum atomic E-state index is 0.222. The van der Waals surface area contributed by atoms with Crippen LogP contribution < -0.4 is 5.73 Å². The standard InChI is InChI=1S/C13H20N2S/c1-9-8-16-12(15-9)5-10-4-11(14)7-13(2,3)6-10/h4,8,11H,5-7,14H2,1-3H3. The van der Waals surface area contributed by atoms with Crippen molar-refractivity contribution >= 4 is 11.3 Å². The maximum absolute atomic E-state index is 6.07. The third kappa shape index (κ3) is 2.92. The first-order valence-electron chi connectivity index (χ1n) is 5.81. The van der Waals surface area contributed by atoms with Crippen LogP contribution in [0.4, 0.5) is 0 Å². The molecule has 1 aromatic rings. The van der Waals surface area contributed by atoms with Crippen LogP contribution in [0.1, 0.15) is 37.4 Å². The molecule has 2 N–H and O–H groups in total. The molecule has 16 heavy (non-hydrogen) atoms. The number of thiazole rings is 1. The number of aromatic nitrogens is 1. The molecule has 2 rings (SSSR count). The molecular weight excluding hydrogens is 216 g/mol. The summed E-state index contributed by atoms with van der Waals surface area (Å²) in [6.45, 7) is 6.64. The maximum atomic E-state index is 6.07. The van der Waals surface area contributed by atoms with Crippen LogP contribution in [0.25, 0.3) is 0 Å². The predicted molar refractivity (Wildman–Crippen MR) is 69.6 cm³/mol. The minimum absolute atomic E-state index is 0.222. The number of nitrogens with zero attached hydrogens (tertiary/aromatic N) is 1. The van der Waals surface area contributed by atoms with E-state index < -0.39 is 0 Å². The van der Waals surface area contributed by atoms with Crippen LogP contribution in [-0.2, 0) is 6.42 Å². The lowest BCUT2D eigenvalue weighted by Gasteiger charge is -2.33. The van der Waals surface area contributed by atoms with Gasteiger partial charge in [0, 0.05) is 23.5 Å². The first kappa shape index (κ1) is 11.8. The van der Waals surface area contributed by atoms with Crippen molar-refractivity contribution in [2.75, 3.05) is 0 Å². The molecule has 1 aliphatic carbocycles. The van der Waals surface area contributed by atoms with Crippen LogP contribution in [0.5, 0.6) is 0 Å². The van der Waals surface area contributed by atoms with Crippen molar-refractivity contribution in [3.05, 3.63) is 27.7 Å². The summed E-state index contributed by atoms with van der Waals surface area (Å²) < 4.78 is 0. The Bertz CT molecular complexity index is 404. The molecule has 0 saturated carbocycles. The van der Waals surface area contributed by atoms with Crippen LogP contribution >= 0.6 is 11.3 Å². The molecule has 0 fully saturated rings. The van der Waals surface area contributed by atoms with Gasteiger partial charge in [0.05, 0.1) is 5.01 Å². The summed E-state index contributed by atoms with van der Waals surface area (Å²) in [5.41, 5.74) is 8.99. The highest BCUT2D eigenvalue weighted by Gasteiger charge is 2.27. The third-order valence-electron chi connectivity index (χ3n) is 2.99. The van der Waals surface area contributed by atoms with E-state index in [0.717, 1.165) is 25.0 Å². The molecule has 1 aliphatic rings. The van der Waals surface area contributed by atoms with Gasteiger partial charge in [-0.3, -0.25) is 0 Å². The van der Waals surface area contributed by atoms with Gasteiger partial charge in [0.2, 0.25) is 0 Å². The summed E-state index contributed by atoms with van der Waals surface area (Å²) in [4.78, 5) is 4.51. The molecule has 0 aliphatic heterocycles. The average molecular weight is 236 g/mol. The maximum Gasteiger partial charge on any atom is 0.0968 e. The van der Waals surface area contributed by atoms with Crippen molar-refractivity contribution < 1.29 is 0 Å². The van der Waals surface area contributed by atoms with E-state index in [1.807, 2.05) is 6.92 Å². The summed E-state index contributed by atoms with van der Waals surface area (Å²) >= 11 is 1.75. The molecule has 0 bridgehead atoms. The summed E-state index contributed by atoms with van der Waals surface area (Å²) in [5.74, 6) is 0. The predicted octanol–water partition coefficient (Wildman–Crippen LogP) is 3.07. The van der Waals surface area contributed by atoms with Crippen molar-refractivity contribution in [1.29, 1.82) is 0 Å². The minimum Gasteiger partial charge on any atom is -0.324 e. The molecule has 1 atom stereocenters. The second kappa shape index (κ2) is 4.30. The summed E-state index contributed by atoms with van der Waals surface area (Å²) in [7, 11) is 0. The van der Waals surface area contributed by atoms with E-state index in [1.54, 1.807) is 11.3 Å². The largest absolute Gasteiger partial charge is 0.324 e. The second-order valence-electron chi connectivity index (χ2n) is 5.59. The lowest BCUT2D eigenvalue weighted by atomic mass is 9.75. The zero-order valence-electron chi connectivity index (χ0n) is 10.3. The van der Waals surface area contributed by atoms with Gasteiger partial charge in [0.25, 0.3) is 0 Å². The fourth-order valence-corrected chi connectivity index (χ4v) is 3.37. The van der Waals surface area contributed by atoms with E-state index in [9.17, 15) is 0 Å². The molecule has 0 radical (unpaired) electrons. The Morgan fingerprint density at radius 1 is 1.56 bits per heavy atom. The third-order valence-corrected chi connectivity index (χ3v) is 3.96. The second-order valence-corrected chi connectivity index (χ2v) is 6.54. The van der Waals surface area contributed by atoms with Crippen molar-refractivity contribution in [2.24, 2.45) is 11.1 Å². The first-order valence-corrected chi connectivity index (χ1v) is 6.69. The highest BCUT2D eigenvalue weighted by atomic mass is 32.1. The smallest absolute Gasteiger partial charge is 0.0968 e. The van der Waals surface area contributed by atoms with Gasteiger partial charge in [-0.1, -0.05) is 25.5 Å². The molecule has 1 unspecified atom stereocenters. The van der Waals surface area contributed by atoms with Crippen LogP contribution in [0, 0.1) is 12.3 Å². The van der Waals surface area contributed by atoms with E-state index in [4.69, 9.17) is 5.73 Å². The number of rotatable bonds is 2. The van der Waals surface area contributed by atoms with Crippen LogP contribution in [0.3, 0.4) is 0 Å². The van der Waals surface area contributed by atoms with Crippen molar-refractivity contribution in [3.63, 3.8) is 0 Å². The fraction of sp³-hybridized carbons (Fsp3) is 0.615. The highest BCUT2D eigenvalue weighted by Crippen LogP contribution is 2.36. The Kier molecular flexibility index (Phi) is 3.17. The number of hydrogen-bond acceptors (Lipinski definition) is 3. The van der Waals surface area contributed by atoms with Gasteiger partial charge in [-0.25, -0.2) is 4.98 Å². The van der Waals surface area contributed by atoms with Crippen molar-refractivity contribution in [2.45, 2.75) is 46.1 Å². The zero-order valence-corrected chi connectivity index (χ0v) is 11.1. The quantitative estimate of drug-likeness (QED) is 0.802. The van der Waals surface area contributed by atoms with Gasteiger partial charge < -0.3 is 5.73 Å². The van der Waals surface area contributed by atoms with E-state index in [-0.39, 0.29) is 6.04 Å². The number of allylic oxidation sites excluding steroid dienone is 1.